The van der Waals surface area contributed by atoms with E-state index in [-0.39, 0.29) is 11.9 Å². The molecule has 1 amide bonds. The number of aryl methyl sites for hydroxylation is 1. The summed E-state index contributed by atoms with van der Waals surface area (Å²) in [6, 6.07) is 22.8. The van der Waals surface area contributed by atoms with E-state index in [9.17, 15) is 4.79 Å². The molecule has 0 aliphatic carbocycles. The van der Waals surface area contributed by atoms with Crippen molar-refractivity contribution >= 4 is 5.91 Å². The summed E-state index contributed by atoms with van der Waals surface area (Å²) in [7, 11) is 0. The van der Waals surface area contributed by atoms with Crippen molar-refractivity contribution in [2.75, 3.05) is 0 Å². The maximum atomic E-state index is 13.3. The zero-order valence-electron chi connectivity index (χ0n) is 17.1. The Morgan fingerprint density at radius 3 is 2.29 bits per heavy atom. The maximum absolute atomic E-state index is 13.3. The first-order valence-electron chi connectivity index (χ1n) is 10.2. The van der Waals surface area contributed by atoms with Gasteiger partial charge in [0.25, 0.3) is 5.91 Å². The number of amides is 1. The van der Waals surface area contributed by atoms with E-state index in [1.807, 2.05) is 23.1 Å². The molecule has 0 aliphatic heterocycles. The first kappa shape index (κ1) is 19.9. The number of carbonyl (C=O) groups is 1. The predicted molar refractivity (Wildman–Crippen MR) is 115 cm³/mol. The van der Waals surface area contributed by atoms with Crippen LogP contribution in [0.25, 0.3) is 0 Å². The number of nitrogens with zero attached hydrogens (tertiary/aromatic N) is 2. The Kier molecular flexibility index (Phi) is 6.70. The van der Waals surface area contributed by atoms with Gasteiger partial charge in [0.1, 0.15) is 0 Å². The van der Waals surface area contributed by atoms with Gasteiger partial charge in [-0.3, -0.25) is 4.79 Å². The summed E-state index contributed by atoms with van der Waals surface area (Å²) in [5.74, 6) is 0.101. The summed E-state index contributed by atoms with van der Waals surface area (Å²) in [6.07, 6.45) is 4.01. The molecule has 1 atom stereocenters. The fraction of sp³-hybridized carbons (Fsp3) is 0.320. The number of benzene rings is 2. The Balaban J connectivity index is 1.81. The average molecular weight is 375 g/mol. The highest BCUT2D eigenvalue weighted by atomic mass is 16.2. The van der Waals surface area contributed by atoms with E-state index < -0.39 is 0 Å². The van der Waals surface area contributed by atoms with E-state index in [0.717, 1.165) is 30.6 Å². The Morgan fingerprint density at radius 1 is 0.929 bits per heavy atom. The molecule has 0 radical (unpaired) electrons. The number of carbonyl (C=O) groups excluding carboxylic acids is 1. The second kappa shape index (κ2) is 9.41. The Labute approximate surface area is 168 Å². The van der Waals surface area contributed by atoms with E-state index in [1.165, 1.54) is 11.1 Å². The minimum atomic E-state index is 0.101. The van der Waals surface area contributed by atoms with Gasteiger partial charge in [-0.25, -0.2) is 0 Å². The molecular weight excluding hydrogens is 344 g/mol. The van der Waals surface area contributed by atoms with Crippen LogP contribution >= 0.6 is 0 Å². The van der Waals surface area contributed by atoms with Crippen LogP contribution < -0.4 is 0 Å². The minimum absolute atomic E-state index is 0.101. The van der Waals surface area contributed by atoms with Gasteiger partial charge in [0.15, 0.2) is 0 Å². The lowest BCUT2D eigenvalue weighted by Gasteiger charge is -2.29. The lowest BCUT2D eigenvalue weighted by atomic mass is 10.1. The largest absolute Gasteiger partial charge is 0.345 e. The van der Waals surface area contributed by atoms with Crippen molar-refractivity contribution in [1.29, 1.82) is 0 Å². The second-order valence-corrected chi connectivity index (χ2v) is 7.35. The molecule has 0 fully saturated rings. The van der Waals surface area contributed by atoms with Crippen molar-refractivity contribution < 1.29 is 4.79 Å². The first-order valence-corrected chi connectivity index (χ1v) is 10.2. The van der Waals surface area contributed by atoms with Gasteiger partial charge < -0.3 is 9.47 Å². The fourth-order valence-electron chi connectivity index (χ4n) is 3.40. The van der Waals surface area contributed by atoms with Crippen molar-refractivity contribution in [3.05, 3.63) is 95.3 Å². The molecular formula is C25H30N2O. The third-order valence-corrected chi connectivity index (χ3v) is 5.44. The quantitative estimate of drug-likeness (QED) is 0.508. The molecule has 0 bridgehead atoms. The summed E-state index contributed by atoms with van der Waals surface area (Å²) >= 11 is 0. The van der Waals surface area contributed by atoms with Gasteiger partial charge in [-0.15, -0.1) is 0 Å². The zero-order valence-corrected chi connectivity index (χ0v) is 17.1. The van der Waals surface area contributed by atoms with Gasteiger partial charge >= 0.3 is 0 Å². The molecule has 0 saturated carbocycles. The molecule has 3 aromatic rings. The molecule has 3 nitrogen and oxygen atoms in total. The Hall–Kier alpha value is -2.81. The van der Waals surface area contributed by atoms with E-state index in [1.54, 1.807) is 0 Å². The Bertz CT molecular complexity index is 880. The molecule has 0 N–H and O–H groups in total. The van der Waals surface area contributed by atoms with Gasteiger partial charge in [0.05, 0.1) is 6.54 Å². The van der Waals surface area contributed by atoms with E-state index in [0.29, 0.717) is 6.54 Å². The van der Waals surface area contributed by atoms with Crippen LogP contribution in [0.3, 0.4) is 0 Å². The molecule has 3 rings (SSSR count). The molecule has 1 heterocycles. The van der Waals surface area contributed by atoms with Gasteiger partial charge in [-0.1, -0.05) is 56.3 Å². The van der Waals surface area contributed by atoms with Crippen LogP contribution in [0.2, 0.25) is 0 Å². The van der Waals surface area contributed by atoms with E-state index in [2.05, 4.69) is 80.1 Å². The summed E-state index contributed by atoms with van der Waals surface area (Å²) in [5, 5.41) is 0. The molecule has 28 heavy (non-hydrogen) atoms. The van der Waals surface area contributed by atoms with Crippen LogP contribution in [0.15, 0.2) is 72.9 Å². The van der Waals surface area contributed by atoms with E-state index >= 15 is 0 Å². The smallest absolute Gasteiger partial charge is 0.254 e. The molecule has 0 saturated heterocycles. The zero-order chi connectivity index (χ0) is 19.9. The lowest BCUT2D eigenvalue weighted by Crippen LogP contribution is -2.38. The molecule has 2 aromatic carbocycles. The fourth-order valence-corrected chi connectivity index (χ4v) is 3.40. The van der Waals surface area contributed by atoms with Gasteiger partial charge in [-0.05, 0) is 55.2 Å². The topological polar surface area (TPSA) is 25.2 Å². The van der Waals surface area contributed by atoms with Crippen LogP contribution in [-0.4, -0.2) is 21.4 Å². The number of hydrogen-bond donors (Lipinski definition) is 0. The molecule has 3 heteroatoms. The van der Waals surface area contributed by atoms with Crippen molar-refractivity contribution in [1.82, 2.24) is 9.47 Å². The SMILES string of the molecule is CCc1ccc(C(=O)N(Cc2cccn2Cc2ccccc2)C(C)CC)cc1. The van der Waals surface area contributed by atoms with Crippen molar-refractivity contribution in [2.45, 2.75) is 52.7 Å². The summed E-state index contributed by atoms with van der Waals surface area (Å²) in [6.45, 7) is 7.82. The molecule has 1 aromatic heterocycles. The Morgan fingerprint density at radius 2 is 1.64 bits per heavy atom. The van der Waals surface area contributed by atoms with Crippen LogP contribution in [0, 0.1) is 0 Å². The molecule has 0 aliphatic rings. The van der Waals surface area contributed by atoms with Crippen LogP contribution in [-0.2, 0) is 19.5 Å². The van der Waals surface area contributed by atoms with Gasteiger partial charge in [-0.2, -0.15) is 0 Å². The number of hydrogen-bond acceptors (Lipinski definition) is 1. The van der Waals surface area contributed by atoms with Gasteiger partial charge in [0, 0.05) is 30.0 Å². The number of aromatic nitrogens is 1. The van der Waals surface area contributed by atoms with Crippen molar-refractivity contribution in [3.8, 4) is 0 Å². The summed E-state index contributed by atoms with van der Waals surface area (Å²) in [4.78, 5) is 15.3. The molecule has 0 spiro atoms. The monoisotopic (exact) mass is 374 g/mol. The number of rotatable bonds is 8. The highest BCUT2D eigenvalue weighted by Crippen LogP contribution is 2.18. The first-order chi connectivity index (χ1) is 13.6. The average Bonchev–Trinajstić information content (AvgIpc) is 3.18. The van der Waals surface area contributed by atoms with Crippen molar-refractivity contribution in [3.63, 3.8) is 0 Å². The maximum Gasteiger partial charge on any atom is 0.254 e. The third-order valence-electron chi connectivity index (χ3n) is 5.44. The molecule has 1 unspecified atom stereocenters. The summed E-state index contributed by atoms with van der Waals surface area (Å²) in [5.41, 5.74) is 4.43. The highest BCUT2D eigenvalue weighted by molar-refractivity contribution is 5.94. The normalized spacial score (nSPS) is 12.0. The third kappa shape index (κ3) is 4.72. The highest BCUT2D eigenvalue weighted by Gasteiger charge is 2.22. The molecule has 146 valence electrons. The summed E-state index contributed by atoms with van der Waals surface area (Å²) < 4.78 is 2.23. The van der Waals surface area contributed by atoms with Crippen molar-refractivity contribution in [2.24, 2.45) is 0 Å². The standard InChI is InChI=1S/C25H30N2O/c1-4-20(3)27(25(28)23-15-13-21(5-2)14-16-23)19-24-12-9-17-26(24)18-22-10-7-6-8-11-22/h6-17,20H,4-5,18-19H2,1-3H3. The lowest BCUT2D eigenvalue weighted by molar-refractivity contribution is 0.0667. The predicted octanol–water partition coefficient (Wildman–Crippen LogP) is 5.54. The van der Waals surface area contributed by atoms with Gasteiger partial charge in [0.2, 0.25) is 0 Å². The minimum Gasteiger partial charge on any atom is -0.345 e. The van der Waals surface area contributed by atoms with Crippen LogP contribution in [0.4, 0.5) is 0 Å². The van der Waals surface area contributed by atoms with Crippen LogP contribution in [0.1, 0.15) is 54.4 Å². The van der Waals surface area contributed by atoms with Crippen LogP contribution in [0.5, 0.6) is 0 Å². The van der Waals surface area contributed by atoms with E-state index in [4.69, 9.17) is 0 Å². The second-order valence-electron chi connectivity index (χ2n) is 7.35.